The number of aliphatic imine (C=N–C) groups is 1. The molecule has 0 saturated carbocycles. The molecule has 0 amide bonds. The molecule has 1 aromatic heterocycles. The Balaban J connectivity index is 1.75. The Hall–Kier alpha value is -2.88. The number of para-hydroxylation sites is 1. The van der Waals surface area contributed by atoms with E-state index in [2.05, 4.69) is 55.0 Å². The molecule has 1 atom stereocenters. The van der Waals surface area contributed by atoms with Gasteiger partial charge in [-0.05, 0) is 49.7 Å². The van der Waals surface area contributed by atoms with Gasteiger partial charge in [0.1, 0.15) is 5.69 Å². The average molecular weight is 329 g/mol. The van der Waals surface area contributed by atoms with Crippen molar-refractivity contribution in [2.45, 2.75) is 25.0 Å². The summed E-state index contributed by atoms with van der Waals surface area (Å²) in [5.41, 5.74) is 3.32. The van der Waals surface area contributed by atoms with E-state index in [0.29, 0.717) is 0 Å². The predicted octanol–water partition coefficient (Wildman–Crippen LogP) is 4.45. The lowest BCUT2D eigenvalue weighted by Crippen LogP contribution is -2.61. The van der Waals surface area contributed by atoms with E-state index in [1.807, 2.05) is 30.5 Å². The second-order valence-corrected chi connectivity index (χ2v) is 7.24. The van der Waals surface area contributed by atoms with Gasteiger partial charge in [-0.3, -0.25) is 9.98 Å². The van der Waals surface area contributed by atoms with Crippen molar-refractivity contribution >= 4 is 28.5 Å². The van der Waals surface area contributed by atoms with Crippen LogP contribution in [-0.2, 0) is 5.41 Å². The van der Waals surface area contributed by atoms with Crippen molar-refractivity contribution in [3.05, 3.63) is 60.3 Å². The maximum Gasteiger partial charge on any atom is 0.228 e. The fourth-order valence-electron chi connectivity index (χ4n) is 4.19. The Bertz CT molecular complexity index is 1040. The fraction of sp³-hybridized carbons (Fsp3) is 0.238. The third-order valence-corrected chi connectivity index (χ3v) is 5.68. The van der Waals surface area contributed by atoms with Crippen molar-refractivity contribution in [2.24, 2.45) is 4.99 Å². The normalized spacial score (nSPS) is 22.8. The molecule has 1 unspecified atom stereocenters. The Morgan fingerprint density at radius 2 is 1.84 bits per heavy atom. The number of hydrogen-bond acceptors (Lipinski definition) is 4. The molecule has 0 saturated heterocycles. The molecule has 25 heavy (non-hydrogen) atoms. The molecule has 0 bridgehead atoms. The summed E-state index contributed by atoms with van der Waals surface area (Å²) in [7, 11) is 2.08. The van der Waals surface area contributed by atoms with E-state index in [9.17, 15) is 0 Å². The third kappa shape index (κ3) is 1.66. The fourth-order valence-corrected chi connectivity index (χ4v) is 4.19. The number of rotatable bonds is 0. The SMILES string of the molecule is CN1c2ccccc2C(C)(C)C12C=Nc1ccc3ncccc3c1O2. The molecule has 2 aliphatic rings. The van der Waals surface area contributed by atoms with Crippen LogP contribution in [0.4, 0.5) is 11.4 Å². The second-order valence-electron chi connectivity index (χ2n) is 7.24. The summed E-state index contributed by atoms with van der Waals surface area (Å²) in [5, 5.41) is 0.997. The number of benzene rings is 2. The van der Waals surface area contributed by atoms with E-state index in [0.717, 1.165) is 22.3 Å². The first-order valence-corrected chi connectivity index (χ1v) is 8.50. The average Bonchev–Trinajstić information content (AvgIpc) is 2.81. The zero-order valence-corrected chi connectivity index (χ0v) is 14.5. The largest absolute Gasteiger partial charge is 0.459 e. The maximum atomic E-state index is 6.74. The Labute approximate surface area is 146 Å². The predicted molar refractivity (Wildman–Crippen MR) is 101 cm³/mol. The van der Waals surface area contributed by atoms with Crippen LogP contribution in [0.5, 0.6) is 5.75 Å². The van der Waals surface area contributed by atoms with Crippen molar-refractivity contribution in [1.82, 2.24) is 4.98 Å². The van der Waals surface area contributed by atoms with Crippen molar-refractivity contribution in [3.63, 3.8) is 0 Å². The molecule has 1 spiro atoms. The van der Waals surface area contributed by atoms with Crippen LogP contribution in [0, 0.1) is 0 Å². The molecule has 5 rings (SSSR count). The highest BCUT2D eigenvalue weighted by atomic mass is 16.5. The van der Waals surface area contributed by atoms with Crippen LogP contribution in [-0.4, -0.2) is 24.0 Å². The van der Waals surface area contributed by atoms with Gasteiger partial charge >= 0.3 is 0 Å². The highest BCUT2D eigenvalue weighted by Gasteiger charge is 2.58. The van der Waals surface area contributed by atoms with Crippen molar-refractivity contribution in [1.29, 1.82) is 0 Å². The number of pyridine rings is 1. The highest BCUT2D eigenvalue weighted by molar-refractivity contribution is 5.95. The van der Waals surface area contributed by atoms with Crippen LogP contribution in [0.25, 0.3) is 10.9 Å². The van der Waals surface area contributed by atoms with Gasteiger partial charge in [-0.15, -0.1) is 0 Å². The van der Waals surface area contributed by atoms with Gasteiger partial charge < -0.3 is 9.64 Å². The lowest BCUT2D eigenvalue weighted by molar-refractivity contribution is 0.0842. The summed E-state index contributed by atoms with van der Waals surface area (Å²) in [5.74, 6) is 0.806. The number of likely N-dealkylation sites (N-methyl/N-ethyl adjacent to an activating group) is 1. The number of hydrogen-bond donors (Lipinski definition) is 0. The topological polar surface area (TPSA) is 37.7 Å². The van der Waals surface area contributed by atoms with Crippen LogP contribution in [0.3, 0.4) is 0 Å². The van der Waals surface area contributed by atoms with Crippen molar-refractivity contribution in [2.75, 3.05) is 11.9 Å². The van der Waals surface area contributed by atoms with Gasteiger partial charge in [-0.25, -0.2) is 0 Å². The number of aromatic nitrogens is 1. The number of nitrogens with zero attached hydrogens (tertiary/aromatic N) is 3. The van der Waals surface area contributed by atoms with Crippen LogP contribution in [0.1, 0.15) is 19.4 Å². The van der Waals surface area contributed by atoms with Gasteiger partial charge in [0.05, 0.1) is 17.1 Å². The molecular formula is C21H19N3O. The van der Waals surface area contributed by atoms with Crippen LogP contribution in [0.2, 0.25) is 0 Å². The van der Waals surface area contributed by atoms with E-state index in [1.54, 1.807) is 6.20 Å². The van der Waals surface area contributed by atoms with Crippen molar-refractivity contribution in [3.8, 4) is 5.75 Å². The smallest absolute Gasteiger partial charge is 0.228 e. The van der Waals surface area contributed by atoms with Gasteiger partial charge in [0.25, 0.3) is 0 Å². The molecule has 2 aromatic carbocycles. The number of fused-ring (bicyclic) bond motifs is 4. The molecule has 124 valence electrons. The van der Waals surface area contributed by atoms with Crippen LogP contribution in [0.15, 0.2) is 59.7 Å². The van der Waals surface area contributed by atoms with E-state index < -0.39 is 5.72 Å². The summed E-state index contributed by atoms with van der Waals surface area (Å²) in [4.78, 5) is 11.4. The molecule has 0 N–H and O–H groups in total. The minimum Gasteiger partial charge on any atom is -0.459 e. The third-order valence-electron chi connectivity index (χ3n) is 5.68. The van der Waals surface area contributed by atoms with Gasteiger partial charge in [0.15, 0.2) is 5.75 Å². The molecule has 3 heterocycles. The van der Waals surface area contributed by atoms with Gasteiger partial charge in [0.2, 0.25) is 5.72 Å². The van der Waals surface area contributed by atoms with Crippen LogP contribution >= 0.6 is 0 Å². The Morgan fingerprint density at radius 1 is 1.00 bits per heavy atom. The zero-order valence-electron chi connectivity index (χ0n) is 14.5. The quantitative estimate of drug-likeness (QED) is 0.611. The molecule has 0 aliphatic carbocycles. The Morgan fingerprint density at radius 3 is 2.68 bits per heavy atom. The molecule has 0 radical (unpaired) electrons. The molecule has 0 fully saturated rings. The lowest BCUT2D eigenvalue weighted by Gasteiger charge is -2.45. The van der Waals surface area contributed by atoms with E-state index in [4.69, 9.17) is 9.73 Å². The zero-order chi connectivity index (χ0) is 17.2. The standard InChI is InChI=1S/C21H19N3O/c1-20(2)15-8-4-5-9-18(15)24(3)21(20)13-23-17-11-10-16-14(19(17)25-21)7-6-12-22-16/h4-13H,1-3H3. The van der Waals surface area contributed by atoms with Crippen LogP contribution < -0.4 is 9.64 Å². The summed E-state index contributed by atoms with van der Waals surface area (Å²) in [6.45, 7) is 4.44. The highest BCUT2D eigenvalue weighted by Crippen LogP contribution is 2.54. The van der Waals surface area contributed by atoms with E-state index in [1.165, 1.54) is 11.3 Å². The first kappa shape index (κ1) is 14.5. The van der Waals surface area contributed by atoms with E-state index in [-0.39, 0.29) is 5.41 Å². The molecular weight excluding hydrogens is 310 g/mol. The first-order chi connectivity index (χ1) is 12.0. The Kier molecular flexibility index (Phi) is 2.66. The molecule has 4 heteroatoms. The summed E-state index contributed by atoms with van der Waals surface area (Å²) in [6, 6.07) is 16.4. The molecule has 2 aliphatic heterocycles. The minimum atomic E-state index is -0.659. The van der Waals surface area contributed by atoms with E-state index >= 15 is 0 Å². The molecule has 4 nitrogen and oxygen atoms in total. The summed E-state index contributed by atoms with van der Waals surface area (Å²) in [6.07, 6.45) is 3.76. The number of anilines is 1. The number of ether oxygens (including phenoxy) is 1. The summed E-state index contributed by atoms with van der Waals surface area (Å²) < 4.78 is 6.74. The minimum absolute atomic E-state index is 0.246. The first-order valence-electron chi connectivity index (χ1n) is 8.50. The van der Waals surface area contributed by atoms with Gasteiger partial charge in [-0.2, -0.15) is 0 Å². The second kappa shape index (κ2) is 4.60. The summed E-state index contributed by atoms with van der Waals surface area (Å²) >= 11 is 0. The monoisotopic (exact) mass is 329 g/mol. The molecule has 3 aromatic rings. The van der Waals surface area contributed by atoms with Crippen molar-refractivity contribution < 1.29 is 4.74 Å². The van der Waals surface area contributed by atoms with Gasteiger partial charge in [0, 0.05) is 24.3 Å². The van der Waals surface area contributed by atoms with Gasteiger partial charge in [-0.1, -0.05) is 18.2 Å². The maximum absolute atomic E-state index is 6.74. The lowest BCUT2D eigenvalue weighted by atomic mass is 9.77.